The van der Waals surface area contributed by atoms with E-state index < -0.39 is 0 Å². The number of rotatable bonds is 4. The molecule has 2 saturated heterocycles. The molecule has 4 nitrogen and oxygen atoms in total. The number of halogens is 2. The molecular formula is C17H25Cl2N3O. The van der Waals surface area contributed by atoms with Crippen molar-refractivity contribution in [2.75, 3.05) is 39.3 Å². The highest BCUT2D eigenvalue weighted by Crippen LogP contribution is 2.26. The van der Waals surface area contributed by atoms with Crippen molar-refractivity contribution in [3.05, 3.63) is 34.9 Å². The van der Waals surface area contributed by atoms with E-state index in [9.17, 15) is 4.79 Å². The second-order valence-corrected chi connectivity index (χ2v) is 7.33. The highest BCUT2D eigenvalue weighted by Gasteiger charge is 2.33. The van der Waals surface area contributed by atoms with Gasteiger partial charge in [0.05, 0.1) is 6.54 Å². The van der Waals surface area contributed by atoms with E-state index in [0.29, 0.717) is 18.5 Å². The fraction of sp³-hybridized carbons (Fsp3) is 0.588. The van der Waals surface area contributed by atoms with E-state index in [1.165, 1.54) is 6.42 Å². The predicted molar refractivity (Wildman–Crippen MR) is 96.2 cm³/mol. The van der Waals surface area contributed by atoms with Crippen molar-refractivity contribution in [2.45, 2.75) is 19.9 Å². The van der Waals surface area contributed by atoms with Crippen molar-refractivity contribution in [3.63, 3.8) is 0 Å². The molecule has 0 saturated carbocycles. The molecule has 2 fully saturated rings. The zero-order valence-electron chi connectivity index (χ0n) is 13.6. The lowest BCUT2D eigenvalue weighted by Crippen LogP contribution is -2.52. The van der Waals surface area contributed by atoms with E-state index in [4.69, 9.17) is 11.6 Å². The van der Waals surface area contributed by atoms with Crippen LogP contribution in [0.15, 0.2) is 24.3 Å². The van der Waals surface area contributed by atoms with Crippen molar-refractivity contribution < 1.29 is 4.79 Å². The van der Waals surface area contributed by atoms with Crippen LogP contribution in [0.1, 0.15) is 18.9 Å². The molecule has 1 amide bonds. The molecule has 0 spiro atoms. The largest absolute Gasteiger partial charge is 0.336 e. The van der Waals surface area contributed by atoms with Crippen LogP contribution in [0.3, 0.4) is 0 Å². The van der Waals surface area contributed by atoms with Gasteiger partial charge in [0, 0.05) is 37.7 Å². The SMILES string of the molecule is CC1(CN2CCN(Cc3ccc(Cl)cc3)C(=O)C2)CCNC1.Cl. The minimum atomic E-state index is 0. The van der Waals surface area contributed by atoms with Crippen molar-refractivity contribution in [1.29, 1.82) is 0 Å². The monoisotopic (exact) mass is 357 g/mol. The molecule has 1 aromatic rings. The molecule has 128 valence electrons. The van der Waals surface area contributed by atoms with Crippen LogP contribution in [0.4, 0.5) is 0 Å². The van der Waals surface area contributed by atoms with Gasteiger partial charge in [-0.25, -0.2) is 0 Å². The van der Waals surface area contributed by atoms with Gasteiger partial charge in [-0.3, -0.25) is 9.69 Å². The highest BCUT2D eigenvalue weighted by molar-refractivity contribution is 6.30. The number of nitrogens with zero attached hydrogens (tertiary/aromatic N) is 2. The number of hydrogen-bond donors (Lipinski definition) is 1. The summed E-state index contributed by atoms with van der Waals surface area (Å²) in [6.07, 6.45) is 1.20. The Hall–Kier alpha value is -0.810. The molecule has 1 aromatic carbocycles. The molecule has 0 bridgehead atoms. The first-order valence-electron chi connectivity index (χ1n) is 7.99. The summed E-state index contributed by atoms with van der Waals surface area (Å²) in [6, 6.07) is 7.75. The van der Waals surface area contributed by atoms with Crippen molar-refractivity contribution in [3.8, 4) is 0 Å². The highest BCUT2D eigenvalue weighted by atomic mass is 35.5. The Kier molecular flexibility index (Phi) is 6.32. The number of hydrogen-bond acceptors (Lipinski definition) is 3. The summed E-state index contributed by atoms with van der Waals surface area (Å²) in [6.45, 7) is 8.50. The molecule has 0 aliphatic carbocycles. The van der Waals surface area contributed by atoms with Gasteiger partial charge in [0.1, 0.15) is 0 Å². The zero-order valence-corrected chi connectivity index (χ0v) is 15.1. The Labute approximate surface area is 149 Å². The van der Waals surface area contributed by atoms with E-state index >= 15 is 0 Å². The molecular weight excluding hydrogens is 333 g/mol. The Balaban J connectivity index is 0.00000192. The Bertz CT molecular complexity index is 529. The first-order chi connectivity index (χ1) is 10.5. The fourth-order valence-corrected chi connectivity index (χ4v) is 3.54. The van der Waals surface area contributed by atoms with Crippen LogP contribution in [0, 0.1) is 5.41 Å². The number of benzene rings is 1. The molecule has 2 aliphatic rings. The maximum Gasteiger partial charge on any atom is 0.237 e. The second kappa shape index (κ2) is 7.84. The molecule has 1 atom stereocenters. The van der Waals surface area contributed by atoms with Crippen molar-refractivity contribution in [2.24, 2.45) is 5.41 Å². The summed E-state index contributed by atoms with van der Waals surface area (Å²) in [5, 5.41) is 4.16. The van der Waals surface area contributed by atoms with Crippen LogP contribution in [-0.4, -0.2) is 55.0 Å². The van der Waals surface area contributed by atoms with Gasteiger partial charge < -0.3 is 10.2 Å². The van der Waals surface area contributed by atoms with E-state index in [2.05, 4.69) is 17.1 Å². The third kappa shape index (κ3) is 4.83. The quantitative estimate of drug-likeness (QED) is 0.898. The normalized spacial score (nSPS) is 25.5. The van der Waals surface area contributed by atoms with Gasteiger partial charge in [-0.2, -0.15) is 0 Å². The lowest BCUT2D eigenvalue weighted by molar-refractivity contribution is -0.137. The van der Waals surface area contributed by atoms with Crippen molar-refractivity contribution in [1.82, 2.24) is 15.1 Å². The third-order valence-corrected chi connectivity index (χ3v) is 5.00. The predicted octanol–water partition coefficient (Wildman–Crippen LogP) is 2.41. The van der Waals surface area contributed by atoms with Gasteiger partial charge in [-0.05, 0) is 36.1 Å². The number of carbonyl (C=O) groups excluding carboxylic acids is 1. The summed E-state index contributed by atoms with van der Waals surface area (Å²) in [4.78, 5) is 16.7. The number of amides is 1. The van der Waals surface area contributed by atoms with E-state index in [-0.39, 0.29) is 18.3 Å². The standard InChI is InChI=1S/C17H24ClN3O.ClH/c1-17(6-7-19-12-17)13-20-8-9-21(16(22)11-20)10-14-2-4-15(18)5-3-14;/h2-5,19H,6-13H2,1H3;1H. The average Bonchev–Trinajstić information content (AvgIpc) is 2.90. The number of carbonyl (C=O) groups is 1. The lowest BCUT2D eigenvalue weighted by Gasteiger charge is -2.38. The van der Waals surface area contributed by atoms with Gasteiger partial charge in [0.2, 0.25) is 5.91 Å². The summed E-state index contributed by atoms with van der Waals surface area (Å²) in [5.74, 6) is 0.232. The minimum Gasteiger partial charge on any atom is -0.336 e. The van der Waals surface area contributed by atoms with Gasteiger partial charge in [-0.15, -0.1) is 12.4 Å². The van der Waals surface area contributed by atoms with Crippen molar-refractivity contribution >= 4 is 29.9 Å². The second-order valence-electron chi connectivity index (χ2n) is 6.89. The van der Waals surface area contributed by atoms with Gasteiger partial charge in [0.15, 0.2) is 0 Å². The van der Waals surface area contributed by atoms with Gasteiger partial charge in [-0.1, -0.05) is 30.7 Å². The molecule has 23 heavy (non-hydrogen) atoms. The molecule has 0 radical (unpaired) electrons. The van der Waals surface area contributed by atoms with Gasteiger partial charge in [0.25, 0.3) is 0 Å². The average molecular weight is 358 g/mol. The Morgan fingerprint density at radius 3 is 2.61 bits per heavy atom. The van der Waals surface area contributed by atoms with Crippen LogP contribution in [0.5, 0.6) is 0 Å². The molecule has 1 unspecified atom stereocenters. The maximum atomic E-state index is 12.4. The Morgan fingerprint density at radius 1 is 1.26 bits per heavy atom. The van der Waals surface area contributed by atoms with E-state index in [0.717, 1.165) is 43.3 Å². The van der Waals surface area contributed by atoms with Crippen LogP contribution < -0.4 is 5.32 Å². The Morgan fingerprint density at radius 2 is 2.00 bits per heavy atom. The summed E-state index contributed by atoms with van der Waals surface area (Å²) < 4.78 is 0. The molecule has 2 aliphatic heterocycles. The van der Waals surface area contributed by atoms with Crippen LogP contribution in [0.2, 0.25) is 5.02 Å². The number of nitrogens with one attached hydrogen (secondary N) is 1. The molecule has 6 heteroatoms. The van der Waals surface area contributed by atoms with Crippen LogP contribution >= 0.6 is 24.0 Å². The summed E-state index contributed by atoms with van der Waals surface area (Å²) in [7, 11) is 0. The van der Waals surface area contributed by atoms with Crippen LogP contribution in [0.25, 0.3) is 0 Å². The molecule has 2 heterocycles. The van der Waals surface area contributed by atoms with Crippen LogP contribution in [-0.2, 0) is 11.3 Å². The summed E-state index contributed by atoms with van der Waals surface area (Å²) >= 11 is 5.90. The van der Waals surface area contributed by atoms with E-state index in [1.54, 1.807) is 0 Å². The smallest absolute Gasteiger partial charge is 0.237 e. The van der Waals surface area contributed by atoms with Gasteiger partial charge >= 0.3 is 0 Å². The molecule has 3 rings (SSSR count). The first-order valence-corrected chi connectivity index (χ1v) is 8.37. The first kappa shape index (κ1) is 18.5. The number of piperazine rings is 1. The topological polar surface area (TPSA) is 35.6 Å². The van der Waals surface area contributed by atoms with E-state index in [1.807, 2.05) is 29.2 Å². The summed E-state index contributed by atoms with van der Waals surface area (Å²) in [5.41, 5.74) is 1.46. The lowest BCUT2D eigenvalue weighted by atomic mass is 9.89. The minimum absolute atomic E-state index is 0. The zero-order chi connectivity index (χ0) is 15.6. The third-order valence-electron chi connectivity index (χ3n) is 4.75. The maximum absolute atomic E-state index is 12.4. The molecule has 1 N–H and O–H groups in total. The fourth-order valence-electron chi connectivity index (χ4n) is 3.41. The molecule has 0 aromatic heterocycles.